The molecular weight excluding hydrogens is 272 g/mol. The molecule has 1 aromatic rings. The van der Waals surface area contributed by atoms with Crippen LogP contribution >= 0.6 is 11.3 Å². The second kappa shape index (κ2) is 6.28. The number of nitrogens with zero attached hydrogens (tertiary/aromatic N) is 1. The number of aromatic nitrogens is 1. The molecule has 0 fully saturated rings. The first-order valence-electron chi connectivity index (χ1n) is 5.57. The predicted molar refractivity (Wildman–Crippen MR) is 68.7 cm³/mol. The number of carboxylic acid groups (broad SMARTS) is 2. The SMILES string of the molecule is CC(C)c1nc(NC(=O)CCC(=O)O)sc1C(=O)O. The number of carboxylic acids is 2. The van der Waals surface area contributed by atoms with Gasteiger partial charge in [0.25, 0.3) is 0 Å². The van der Waals surface area contributed by atoms with E-state index in [0.29, 0.717) is 5.69 Å². The molecule has 0 aliphatic heterocycles. The highest BCUT2D eigenvalue weighted by Crippen LogP contribution is 2.28. The lowest BCUT2D eigenvalue weighted by molar-refractivity contribution is -0.138. The number of anilines is 1. The summed E-state index contributed by atoms with van der Waals surface area (Å²) in [5, 5.41) is 20.1. The van der Waals surface area contributed by atoms with Gasteiger partial charge in [0, 0.05) is 6.42 Å². The van der Waals surface area contributed by atoms with E-state index in [4.69, 9.17) is 10.2 Å². The summed E-state index contributed by atoms with van der Waals surface area (Å²) in [6.45, 7) is 3.61. The Balaban J connectivity index is 2.79. The molecule has 0 saturated heterocycles. The van der Waals surface area contributed by atoms with Crippen LogP contribution in [0.3, 0.4) is 0 Å². The Labute approximate surface area is 113 Å². The molecule has 0 spiro atoms. The maximum Gasteiger partial charge on any atom is 0.347 e. The topological polar surface area (TPSA) is 117 Å². The highest BCUT2D eigenvalue weighted by molar-refractivity contribution is 7.17. The molecule has 1 amide bonds. The average molecular weight is 286 g/mol. The van der Waals surface area contributed by atoms with Crippen molar-refractivity contribution in [2.45, 2.75) is 32.6 Å². The third kappa shape index (κ3) is 4.32. The standard InChI is InChI=1S/C11H14N2O5S/c1-5(2)8-9(10(17)18)19-11(13-8)12-6(14)3-4-7(15)16/h5H,3-4H2,1-2H3,(H,15,16)(H,17,18)(H,12,13,14). The van der Waals surface area contributed by atoms with Crippen molar-refractivity contribution in [3.63, 3.8) is 0 Å². The Morgan fingerprint density at radius 2 is 1.89 bits per heavy atom. The number of thiazole rings is 1. The molecule has 0 bridgehead atoms. The maximum atomic E-state index is 11.4. The second-order valence-corrected chi connectivity index (χ2v) is 5.13. The van der Waals surface area contributed by atoms with E-state index in [-0.39, 0.29) is 28.8 Å². The van der Waals surface area contributed by atoms with E-state index in [1.165, 1.54) is 0 Å². The van der Waals surface area contributed by atoms with Gasteiger partial charge in [-0.1, -0.05) is 25.2 Å². The van der Waals surface area contributed by atoms with E-state index in [2.05, 4.69) is 10.3 Å². The Morgan fingerprint density at radius 3 is 2.32 bits per heavy atom. The van der Waals surface area contributed by atoms with Crippen LogP contribution in [0.5, 0.6) is 0 Å². The van der Waals surface area contributed by atoms with E-state index < -0.39 is 17.8 Å². The number of hydrogen-bond acceptors (Lipinski definition) is 5. The van der Waals surface area contributed by atoms with Gasteiger partial charge in [-0.05, 0) is 5.92 Å². The van der Waals surface area contributed by atoms with E-state index in [1.54, 1.807) is 13.8 Å². The smallest absolute Gasteiger partial charge is 0.347 e. The summed E-state index contributed by atoms with van der Waals surface area (Å²) in [4.78, 5) is 36.9. The highest BCUT2D eigenvalue weighted by atomic mass is 32.1. The van der Waals surface area contributed by atoms with Crippen molar-refractivity contribution in [1.29, 1.82) is 0 Å². The molecule has 0 aliphatic carbocycles. The van der Waals surface area contributed by atoms with Crippen molar-refractivity contribution in [2.75, 3.05) is 5.32 Å². The van der Waals surface area contributed by atoms with Gasteiger partial charge in [0.2, 0.25) is 5.91 Å². The van der Waals surface area contributed by atoms with E-state index in [0.717, 1.165) is 11.3 Å². The van der Waals surface area contributed by atoms with Gasteiger partial charge in [-0.2, -0.15) is 0 Å². The number of hydrogen-bond donors (Lipinski definition) is 3. The van der Waals surface area contributed by atoms with Crippen LogP contribution in [0.4, 0.5) is 5.13 Å². The van der Waals surface area contributed by atoms with Gasteiger partial charge in [0.05, 0.1) is 12.1 Å². The summed E-state index contributed by atoms with van der Waals surface area (Å²) in [5.74, 6) is -2.73. The molecule has 0 unspecified atom stereocenters. The first-order chi connectivity index (χ1) is 8.81. The summed E-state index contributed by atoms with van der Waals surface area (Å²) in [6.07, 6.45) is -0.450. The largest absolute Gasteiger partial charge is 0.481 e. The predicted octanol–water partition coefficient (Wildman–Crippen LogP) is 1.77. The molecule has 0 radical (unpaired) electrons. The lowest BCUT2D eigenvalue weighted by Crippen LogP contribution is -2.13. The van der Waals surface area contributed by atoms with Gasteiger partial charge in [-0.25, -0.2) is 9.78 Å². The van der Waals surface area contributed by atoms with Crippen molar-refractivity contribution in [1.82, 2.24) is 4.98 Å². The number of carbonyl (C=O) groups excluding carboxylic acids is 1. The van der Waals surface area contributed by atoms with E-state index >= 15 is 0 Å². The average Bonchev–Trinajstić information content (AvgIpc) is 2.70. The van der Waals surface area contributed by atoms with E-state index in [9.17, 15) is 14.4 Å². The van der Waals surface area contributed by atoms with Crippen LogP contribution < -0.4 is 5.32 Å². The fraction of sp³-hybridized carbons (Fsp3) is 0.455. The molecule has 0 aromatic carbocycles. The lowest BCUT2D eigenvalue weighted by Gasteiger charge is -2.01. The zero-order valence-corrected chi connectivity index (χ0v) is 11.3. The monoisotopic (exact) mass is 286 g/mol. The molecule has 1 aromatic heterocycles. The van der Waals surface area contributed by atoms with Crippen LogP contribution in [0, 0.1) is 0 Å². The quantitative estimate of drug-likeness (QED) is 0.733. The van der Waals surface area contributed by atoms with Gasteiger partial charge < -0.3 is 15.5 Å². The summed E-state index contributed by atoms with van der Waals surface area (Å²) in [7, 11) is 0. The third-order valence-corrected chi connectivity index (χ3v) is 3.18. The number of aliphatic carboxylic acids is 1. The van der Waals surface area contributed by atoms with Gasteiger partial charge in [0.1, 0.15) is 4.88 Å². The first-order valence-corrected chi connectivity index (χ1v) is 6.38. The van der Waals surface area contributed by atoms with Crippen molar-refractivity contribution in [3.8, 4) is 0 Å². The number of nitrogens with one attached hydrogen (secondary N) is 1. The zero-order valence-electron chi connectivity index (χ0n) is 10.5. The molecule has 0 saturated carbocycles. The molecule has 0 atom stereocenters. The molecule has 0 aliphatic rings. The van der Waals surface area contributed by atoms with Gasteiger partial charge in [0.15, 0.2) is 5.13 Å². The van der Waals surface area contributed by atoms with Crippen molar-refractivity contribution in [2.24, 2.45) is 0 Å². The van der Waals surface area contributed by atoms with Gasteiger partial charge in [-0.3, -0.25) is 9.59 Å². The highest BCUT2D eigenvalue weighted by Gasteiger charge is 2.20. The molecule has 3 N–H and O–H groups in total. The number of carbonyl (C=O) groups is 3. The normalized spacial score (nSPS) is 10.5. The number of amides is 1. The Morgan fingerprint density at radius 1 is 1.26 bits per heavy atom. The molecule has 7 nitrogen and oxygen atoms in total. The minimum absolute atomic E-state index is 0.0768. The fourth-order valence-corrected chi connectivity index (χ4v) is 2.31. The Hall–Kier alpha value is -1.96. The zero-order chi connectivity index (χ0) is 14.6. The number of aromatic carboxylic acids is 1. The maximum absolute atomic E-state index is 11.4. The molecule has 104 valence electrons. The van der Waals surface area contributed by atoms with E-state index in [1.807, 2.05) is 0 Å². The van der Waals surface area contributed by atoms with Crippen LogP contribution in [0.1, 0.15) is 48.0 Å². The summed E-state index contributed by atoms with van der Waals surface area (Å²) in [5.41, 5.74) is 0.408. The Bertz CT molecular complexity index is 509. The first kappa shape index (κ1) is 15.1. The minimum Gasteiger partial charge on any atom is -0.481 e. The molecule has 1 heterocycles. The van der Waals surface area contributed by atoms with Crippen molar-refractivity contribution in [3.05, 3.63) is 10.6 Å². The van der Waals surface area contributed by atoms with Crippen molar-refractivity contribution >= 4 is 34.3 Å². The summed E-state index contributed by atoms with van der Waals surface area (Å²) in [6, 6.07) is 0. The lowest BCUT2D eigenvalue weighted by atomic mass is 10.1. The van der Waals surface area contributed by atoms with Crippen LogP contribution in [-0.4, -0.2) is 33.0 Å². The molecule has 19 heavy (non-hydrogen) atoms. The third-order valence-electron chi connectivity index (χ3n) is 2.21. The van der Waals surface area contributed by atoms with Gasteiger partial charge in [-0.15, -0.1) is 0 Å². The number of rotatable bonds is 6. The fourth-order valence-electron chi connectivity index (χ4n) is 1.33. The van der Waals surface area contributed by atoms with Crippen LogP contribution in [0.2, 0.25) is 0 Å². The van der Waals surface area contributed by atoms with Crippen molar-refractivity contribution < 1.29 is 24.6 Å². The van der Waals surface area contributed by atoms with Gasteiger partial charge >= 0.3 is 11.9 Å². The molecule has 8 heteroatoms. The van der Waals surface area contributed by atoms with Crippen LogP contribution in [-0.2, 0) is 9.59 Å². The minimum atomic E-state index is -1.09. The molecule has 1 rings (SSSR count). The molecular formula is C11H14N2O5S. The second-order valence-electron chi connectivity index (χ2n) is 4.14. The Kier molecular flexibility index (Phi) is 4.99. The summed E-state index contributed by atoms with van der Waals surface area (Å²) >= 11 is 0.868. The summed E-state index contributed by atoms with van der Waals surface area (Å²) < 4.78 is 0. The van der Waals surface area contributed by atoms with Crippen LogP contribution in [0.25, 0.3) is 0 Å². The van der Waals surface area contributed by atoms with Crippen LogP contribution in [0.15, 0.2) is 0 Å².